The summed E-state index contributed by atoms with van der Waals surface area (Å²) in [4.78, 5) is 15.1. The molecule has 0 heterocycles. The molecule has 0 saturated carbocycles. The highest BCUT2D eigenvalue weighted by molar-refractivity contribution is 5.85. The summed E-state index contributed by atoms with van der Waals surface area (Å²) >= 11 is 0. The third kappa shape index (κ3) is 2.85. The average molecular weight is 200 g/mol. The normalized spacial score (nSPS) is 16.5. The van der Waals surface area contributed by atoms with Gasteiger partial charge in [-0.1, -0.05) is 0 Å². The summed E-state index contributed by atoms with van der Waals surface area (Å²) in [5.41, 5.74) is 3.43. The van der Waals surface area contributed by atoms with E-state index in [1.807, 2.05) is 0 Å². The van der Waals surface area contributed by atoms with E-state index in [2.05, 4.69) is 4.84 Å². The molecule has 0 radical (unpaired) electrons. The van der Waals surface area contributed by atoms with Crippen LogP contribution in [0, 0.1) is 0 Å². The molecular formula is C6H11F3N2O2. The molecule has 1 unspecified atom stereocenters. The molecule has 0 rings (SSSR count). The largest absolute Gasteiger partial charge is 0.415 e. The maximum Gasteiger partial charge on any atom is 0.415 e. The molecule has 1 atom stereocenters. The molecule has 1 amide bonds. The van der Waals surface area contributed by atoms with Crippen molar-refractivity contribution in [2.45, 2.75) is 25.6 Å². The van der Waals surface area contributed by atoms with Crippen LogP contribution < -0.4 is 11.2 Å². The smallest absolute Gasteiger partial charge is 0.310 e. The van der Waals surface area contributed by atoms with Crippen molar-refractivity contribution in [1.82, 2.24) is 5.48 Å². The zero-order valence-corrected chi connectivity index (χ0v) is 7.23. The molecule has 3 N–H and O–H groups in total. The molecule has 0 aliphatic heterocycles. The predicted octanol–water partition coefficient (Wildman–Crippen LogP) is 0.334. The van der Waals surface area contributed by atoms with Crippen LogP contribution in [0.1, 0.15) is 13.8 Å². The fourth-order valence-corrected chi connectivity index (χ4v) is 0.372. The Bertz CT molecular complexity index is 191. The Morgan fingerprint density at radius 1 is 1.54 bits per heavy atom. The lowest BCUT2D eigenvalue weighted by atomic mass is 10.0. The molecule has 0 aliphatic rings. The summed E-state index contributed by atoms with van der Waals surface area (Å²) in [7, 11) is 0. The van der Waals surface area contributed by atoms with Crippen LogP contribution >= 0.6 is 0 Å². The second kappa shape index (κ2) is 3.93. The van der Waals surface area contributed by atoms with Crippen LogP contribution in [0.4, 0.5) is 13.2 Å². The monoisotopic (exact) mass is 200 g/mol. The third-order valence-corrected chi connectivity index (χ3v) is 1.37. The Kier molecular flexibility index (Phi) is 3.68. The van der Waals surface area contributed by atoms with E-state index in [-0.39, 0.29) is 6.61 Å². The molecule has 0 spiro atoms. The van der Waals surface area contributed by atoms with Crippen LogP contribution in [0.25, 0.3) is 0 Å². The number of halogens is 3. The zero-order valence-electron chi connectivity index (χ0n) is 7.23. The number of nitrogens with two attached hydrogens (primary N) is 1. The number of rotatable bonds is 3. The van der Waals surface area contributed by atoms with Crippen molar-refractivity contribution >= 4 is 5.91 Å². The van der Waals surface area contributed by atoms with E-state index in [1.165, 1.54) is 6.92 Å². The number of carbonyl (C=O) groups is 1. The van der Waals surface area contributed by atoms with Crippen LogP contribution in [0.15, 0.2) is 0 Å². The summed E-state index contributed by atoms with van der Waals surface area (Å²) in [5.74, 6) is -1.41. The summed E-state index contributed by atoms with van der Waals surface area (Å²) in [5, 5.41) is 0. The van der Waals surface area contributed by atoms with E-state index in [9.17, 15) is 18.0 Å². The second-order valence-electron chi connectivity index (χ2n) is 2.56. The van der Waals surface area contributed by atoms with Crippen molar-refractivity contribution in [2.75, 3.05) is 6.61 Å². The summed E-state index contributed by atoms with van der Waals surface area (Å²) in [6, 6.07) is 0. The number of hydrogen-bond acceptors (Lipinski definition) is 3. The Balaban J connectivity index is 4.37. The summed E-state index contributed by atoms with van der Waals surface area (Å²) < 4.78 is 36.2. The van der Waals surface area contributed by atoms with Crippen molar-refractivity contribution in [1.29, 1.82) is 0 Å². The minimum atomic E-state index is -4.80. The van der Waals surface area contributed by atoms with Crippen molar-refractivity contribution in [3.8, 4) is 0 Å². The zero-order chi connectivity index (χ0) is 10.7. The van der Waals surface area contributed by atoms with Crippen LogP contribution in [0.2, 0.25) is 0 Å². The van der Waals surface area contributed by atoms with Gasteiger partial charge in [-0.3, -0.25) is 9.63 Å². The number of alkyl halides is 3. The third-order valence-electron chi connectivity index (χ3n) is 1.37. The van der Waals surface area contributed by atoms with Crippen molar-refractivity contribution in [2.24, 2.45) is 5.73 Å². The van der Waals surface area contributed by atoms with Crippen LogP contribution in [0.5, 0.6) is 0 Å². The molecule has 0 aliphatic carbocycles. The van der Waals surface area contributed by atoms with Gasteiger partial charge in [-0.25, -0.2) is 5.48 Å². The number of hydrogen-bond donors (Lipinski definition) is 2. The topological polar surface area (TPSA) is 64.3 Å². The second-order valence-corrected chi connectivity index (χ2v) is 2.56. The van der Waals surface area contributed by atoms with Gasteiger partial charge in [-0.2, -0.15) is 13.2 Å². The van der Waals surface area contributed by atoms with Gasteiger partial charge in [0.15, 0.2) is 5.54 Å². The van der Waals surface area contributed by atoms with E-state index in [0.29, 0.717) is 6.92 Å². The molecule has 0 aromatic carbocycles. The van der Waals surface area contributed by atoms with E-state index in [1.54, 1.807) is 5.48 Å². The van der Waals surface area contributed by atoms with E-state index >= 15 is 0 Å². The van der Waals surface area contributed by atoms with Gasteiger partial charge in [0.25, 0.3) is 5.91 Å². The summed E-state index contributed by atoms with van der Waals surface area (Å²) in [6.45, 7) is 2.16. The maximum atomic E-state index is 12.1. The maximum absolute atomic E-state index is 12.1. The fourth-order valence-electron chi connectivity index (χ4n) is 0.372. The number of carbonyl (C=O) groups excluding carboxylic acids is 1. The van der Waals surface area contributed by atoms with Gasteiger partial charge >= 0.3 is 6.18 Å². The molecular weight excluding hydrogens is 189 g/mol. The number of nitrogens with one attached hydrogen (secondary N) is 1. The van der Waals surface area contributed by atoms with Gasteiger partial charge in [0.05, 0.1) is 6.61 Å². The lowest BCUT2D eigenvalue weighted by Gasteiger charge is -2.25. The van der Waals surface area contributed by atoms with E-state index in [0.717, 1.165) is 0 Å². The van der Waals surface area contributed by atoms with Gasteiger partial charge in [-0.05, 0) is 13.8 Å². The molecule has 0 saturated heterocycles. The molecule has 78 valence electrons. The van der Waals surface area contributed by atoms with Gasteiger partial charge in [0, 0.05) is 0 Å². The van der Waals surface area contributed by atoms with Crippen LogP contribution in [0.3, 0.4) is 0 Å². The molecule has 4 nitrogen and oxygen atoms in total. The van der Waals surface area contributed by atoms with Crippen molar-refractivity contribution in [3.05, 3.63) is 0 Å². The van der Waals surface area contributed by atoms with Crippen LogP contribution in [-0.4, -0.2) is 24.2 Å². The standard InChI is InChI=1S/C6H11F3N2O2/c1-3-13-11-4(12)5(2,10)6(7,8)9/h3,10H2,1-2H3,(H,11,12). The highest BCUT2D eigenvalue weighted by Crippen LogP contribution is 2.27. The van der Waals surface area contributed by atoms with Gasteiger partial charge in [0.2, 0.25) is 0 Å². The van der Waals surface area contributed by atoms with Crippen molar-refractivity contribution in [3.63, 3.8) is 0 Å². The SMILES string of the molecule is CCONC(=O)C(C)(N)C(F)(F)F. The van der Waals surface area contributed by atoms with Gasteiger partial charge in [0.1, 0.15) is 0 Å². The minimum Gasteiger partial charge on any atom is -0.310 e. The molecule has 0 aromatic heterocycles. The first kappa shape index (κ1) is 12.2. The van der Waals surface area contributed by atoms with Gasteiger partial charge in [-0.15, -0.1) is 0 Å². The Morgan fingerprint density at radius 3 is 2.31 bits per heavy atom. The first-order valence-electron chi connectivity index (χ1n) is 3.51. The molecule has 7 heteroatoms. The van der Waals surface area contributed by atoms with E-state index in [4.69, 9.17) is 5.73 Å². The highest BCUT2D eigenvalue weighted by atomic mass is 19.4. The quantitative estimate of drug-likeness (QED) is 0.645. The minimum absolute atomic E-state index is 0.0691. The molecule has 0 aromatic rings. The number of hydroxylamine groups is 1. The Morgan fingerprint density at radius 2 is 2.00 bits per heavy atom. The van der Waals surface area contributed by atoms with Crippen LogP contribution in [-0.2, 0) is 9.63 Å². The fraction of sp³-hybridized carbons (Fsp3) is 0.833. The first-order chi connectivity index (χ1) is 5.73. The molecule has 0 fully saturated rings. The predicted molar refractivity (Wildman–Crippen MR) is 38.4 cm³/mol. The van der Waals surface area contributed by atoms with E-state index < -0.39 is 17.6 Å². The van der Waals surface area contributed by atoms with Crippen molar-refractivity contribution < 1.29 is 22.8 Å². The van der Waals surface area contributed by atoms with Gasteiger partial charge < -0.3 is 5.73 Å². The molecule has 13 heavy (non-hydrogen) atoms. The summed E-state index contributed by atoms with van der Waals surface area (Å²) in [6.07, 6.45) is -4.80. The average Bonchev–Trinajstić information content (AvgIpc) is 1.97. The number of amides is 1. The lowest BCUT2D eigenvalue weighted by molar-refractivity contribution is -0.193. The molecule has 0 bridgehead atoms. The first-order valence-corrected chi connectivity index (χ1v) is 3.51. The lowest BCUT2D eigenvalue weighted by Crippen LogP contribution is -2.61. The highest BCUT2D eigenvalue weighted by Gasteiger charge is 2.54. The Labute approximate surface area is 73.2 Å². The Hall–Kier alpha value is -0.820.